The molecule has 0 bridgehead atoms. The third-order valence-corrected chi connectivity index (χ3v) is 4.77. The minimum Gasteiger partial charge on any atom is -0.497 e. The van der Waals surface area contributed by atoms with Crippen LogP contribution < -0.4 is 4.74 Å². The van der Waals surface area contributed by atoms with Gasteiger partial charge in [-0.05, 0) is 31.5 Å². The average Bonchev–Trinajstić information content (AvgIpc) is 3.04. The molecule has 0 spiro atoms. The SMILES string of the molecule is CCn1ncc(C(=O)N2CCN(Cc3ccc(OC)cc3)C(=O)C2)c1C. The third-order valence-electron chi connectivity index (χ3n) is 4.77. The van der Waals surface area contributed by atoms with Crippen LogP contribution in [0.25, 0.3) is 0 Å². The molecule has 1 aliphatic rings. The van der Waals surface area contributed by atoms with Gasteiger partial charge in [0, 0.05) is 31.9 Å². The fraction of sp³-hybridized carbons (Fsp3) is 0.421. The summed E-state index contributed by atoms with van der Waals surface area (Å²) in [6.07, 6.45) is 1.59. The molecule has 3 rings (SSSR count). The molecule has 0 unspecified atom stereocenters. The maximum absolute atomic E-state index is 12.7. The molecule has 1 fully saturated rings. The van der Waals surface area contributed by atoms with E-state index in [0.717, 1.165) is 17.0 Å². The van der Waals surface area contributed by atoms with Crippen molar-refractivity contribution in [3.8, 4) is 5.75 Å². The van der Waals surface area contributed by atoms with Gasteiger partial charge in [-0.15, -0.1) is 0 Å². The summed E-state index contributed by atoms with van der Waals surface area (Å²) < 4.78 is 6.94. The Morgan fingerprint density at radius 1 is 1.23 bits per heavy atom. The van der Waals surface area contributed by atoms with Crippen LogP contribution in [0.5, 0.6) is 5.75 Å². The van der Waals surface area contributed by atoms with Crippen molar-refractivity contribution >= 4 is 11.8 Å². The average molecular weight is 356 g/mol. The van der Waals surface area contributed by atoms with E-state index in [2.05, 4.69) is 5.10 Å². The van der Waals surface area contributed by atoms with Crippen molar-refractivity contribution in [2.75, 3.05) is 26.7 Å². The van der Waals surface area contributed by atoms with Crippen molar-refractivity contribution in [2.45, 2.75) is 26.9 Å². The first-order valence-corrected chi connectivity index (χ1v) is 8.76. The molecule has 7 heteroatoms. The standard InChI is InChI=1S/C19H24N4O3/c1-4-23-14(2)17(11-20-23)19(25)22-10-9-21(18(24)13-22)12-15-5-7-16(26-3)8-6-15/h5-8,11H,4,9-10,12-13H2,1-3H3. The van der Waals surface area contributed by atoms with Crippen molar-refractivity contribution < 1.29 is 14.3 Å². The van der Waals surface area contributed by atoms with Gasteiger partial charge in [-0.1, -0.05) is 12.1 Å². The number of nitrogens with zero attached hydrogens (tertiary/aromatic N) is 4. The number of amides is 2. The summed E-state index contributed by atoms with van der Waals surface area (Å²) in [5.74, 6) is 0.624. The lowest BCUT2D eigenvalue weighted by Crippen LogP contribution is -2.51. The van der Waals surface area contributed by atoms with Crippen LogP contribution in [-0.4, -0.2) is 58.1 Å². The molecule has 1 aromatic carbocycles. The number of rotatable bonds is 5. The fourth-order valence-corrected chi connectivity index (χ4v) is 3.15. The van der Waals surface area contributed by atoms with Crippen molar-refractivity contribution in [2.24, 2.45) is 0 Å². The third kappa shape index (κ3) is 3.56. The number of piperazine rings is 1. The van der Waals surface area contributed by atoms with Crippen molar-refractivity contribution in [1.29, 1.82) is 0 Å². The fourth-order valence-electron chi connectivity index (χ4n) is 3.15. The lowest BCUT2D eigenvalue weighted by atomic mass is 10.1. The maximum atomic E-state index is 12.7. The molecule has 1 saturated heterocycles. The predicted octanol–water partition coefficient (Wildman–Crippen LogP) is 1.70. The number of methoxy groups -OCH3 is 1. The van der Waals surface area contributed by atoms with E-state index in [-0.39, 0.29) is 18.4 Å². The van der Waals surface area contributed by atoms with Crippen LogP contribution in [0, 0.1) is 6.92 Å². The topological polar surface area (TPSA) is 67.7 Å². The van der Waals surface area contributed by atoms with Crippen LogP contribution in [0.2, 0.25) is 0 Å². The summed E-state index contributed by atoms with van der Waals surface area (Å²) in [5.41, 5.74) is 2.45. The molecular weight excluding hydrogens is 332 g/mol. The molecule has 2 aromatic rings. The monoisotopic (exact) mass is 356 g/mol. The van der Waals surface area contributed by atoms with E-state index in [4.69, 9.17) is 4.74 Å². The Morgan fingerprint density at radius 3 is 2.54 bits per heavy atom. The highest BCUT2D eigenvalue weighted by atomic mass is 16.5. The molecule has 138 valence electrons. The van der Waals surface area contributed by atoms with E-state index >= 15 is 0 Å². The van der Waals surface area contributed by atoms with Crippen LogP contribution in [0.1, 0.15) is 28.5 Å². The van der Waals surface area contributed by atoms with Gasteiger partial charge in [-0.2, -0.15) is 5.10 Å². The zero-order chi connectivity index (χ0) is 18.7. The zero-order valence-electron chi connectivity index (χ0n) is 15.4. The number of ether oxygens (including phenoxy) is 1. The molecule has 2 heterocycles. The van der Waals surface area contributed by atoms with E-state index in [1.54, 1.807) is 27.8 Å². The molecule has 2 amide bonds. The molecule has 1 aliphatic heterocycles. The second kappa shape index (κ2) is 7.59. The van der Waals surface area contributed by atoms with Crippen molar-refractivity contribution in [3.05, 3.63) is 47.3 Å². The second-order valence-electron chi connectivity index (χ2n) is 6.35. The number of carbonyl (C=O) groups is 2. The van der Waals surface area contributed by atoms with Crippen LogP contribution in [0.4, 0.5) is 0 Å². The summed E-state index contributed by atoms with van der Waals surface area (Å²) in [4.78, 5) is 28.6. The smallest absolute Gasteiger partial charge is 0.257 e. The van der Waals surface area contributed by atoms with Crippen LogP contribution in [-0.2, 0) is 17.9 Å². The number of aromatic nitrogens is 2. The number of hydrogen-bond donors (Lipinski definition) is 0. The molecule has 7 nitrogen and oxygen atoms in total. The highest BCUT2D eigenvalue weighted by Gasteiger charge is 2.29. The summed E-state index contributed by atoms with van der Waals surface area (Å²) in [7, 11) is 1.63. The van der Waals surface area contributed by atoms with E-state index in [1.165, 1.54) is 0 Å². The Balaban J connectivity index is 1.63. The summed E-state index contributed by atoms with van der Waals surface area (Å²) in [6.45, 7) is 6.27. The number of hydrogen-bond acceptors (Lipinski definition) is 4. The molecule has 0 N–H and O–H groups in total. The Hall–Kier alpha value is -2.83. The van der Waals surface area contributed by atoms with Crippen LogP contribution in [0.15, 0.2) is 30.5 Å². The van der Waals surface area contributed by atoms with Crippen molar-refractivity contribution in [1.82, 2.24) is 19.6 Å². The van der Waals surface area contributed by atoms with Gasteiger partial charge in [-0.3, -0.25) is 14.3 Å². The summed E-state index contributed by atoms with van der Waals surface area (Å²) in [6, 6.07) is 7.67. The number of benzene rings is 1. The van der Waals surface area contributed by atoms with Gasteiger partial charge < -0.3 is 14.5 Å². The zero-order valence-corrected chi connectivity index (χ0v) is 15.4. The highest BCUT2D eigenvalue weighted by molar-refractivity contribution is 5.97. The largest absolute Gasteiger partial charge is 0.497 e. The number of carbonyl (C=O) groups excluding carboxylic acids is 2. The quantitative estimate of drug-likeness (QED) is 0.818. The first kappa shape index (κ1) is 18.0. The Labute approximate surface area is 153 Å². The molecule has 0 aliphatic carbocycles. The van der Waals surface area contributed by atoms with Gasteiger partial charge in [0.1, 0.15) is 12.3 Å². The van der Waals surface area contributed by atoms with Crippen LogP contribution >= 0.6 is 0 Å². The normalized spacial score (nSPS) is 14.7. The first-order valence-electron chi connectivity index (χ1n) is 8.76. The van der Waals surface area contributed by atoms with Gasteiger partial charge in [0.05, 0.1) is 18.9 Å². The first-order chi connectivity index (χ1) is 12.5. The predicted molar refractivity (Wildman–Crippen MR) is 97.0 cm³/mol. The molecule has 26 heavy (non-hydrogen) atoms. The summed E-state index contributed by atoms with van der Waals surface area (Å²) in [5, 5.41) is 4.22. The summed E-state index contributed by atoms with van der Waals surface area (Å²) >= 11 is 0. The Kier molecular flexibility index (Phi) is 5.25. The van der Waals surface area contributed by atoms with Crippen molar-refractivity contribution in [3.63, 3.8) is 0 Å². The Bertz CT molecular complexity index is 798. The maximum Gasteiger partial charge on any atom is 0.257 e. The van der Waals surface area contributed by atoms with Gasteiger partial charge in [0.2, 0.25) is 5.91 Å². The van der Waals surface area contributed by atoms with E-state index in [9.17, 15) is 9.59 Å². The lowest BCUT2D eigenvalue weighted by molar-refractivity contribution is -0.135. The highest BCUT2D eigenvalue weighted by Crippen LogP contribution is 2.17. The van der Waals surface area contributed by atoms with Gasteiger partial charge in [0.15, 0.2) is 0 Å². The molecule has 1 aromatic heterocycles. The number of aryl methyl sites for hydroxylation is 1. The second-order valence-corrected chi connectivity index (χ2v) is 6.35. The van der Waals surface area contributed by atoms with Gasteiger partial charge >= 0.3 is 0 Å². The molecule has 0 atom stereocenters. The minimum absolute atomic E-state index is 0.0408. The van der Waals surface area contributed by atoms with E-state index in [1.807, 2.05) is 38.1 Å². The molecule has 0 radical (unpaired) electrons. The van der Waals surface area contributed by atoms with Crippen LogP contribution in [0.3, 0.4) is 0 Å². The van der Waals surface area contributed by atoms with Gasteiger partial charge in [-0.25, -0.2) is 0 Å². The van der Waals surface area contributed by atoms with E-state index in [0.29, 0.717) is 31.7 Å². The Morgan fingerprint density at radius 2 is 1.96 bits per heavy atom. The molecular formula is C19H24N4O3. The van der Waals surface area contributed by atoms with Gasteiger partial charge in [0.25, 0.3) is 5.91 Å². The minimum atomic E-state index is -0.125. The van der Waals surface area contributed by atoms with E-state index < -0.39 is 0 Å². The lowest BCUT2D eigenvalue weighted by Gasteiger charge is -2.34. The molecule has 0 saturated carbocycles.